The molecule has 1 heterocycles. The van der Waals surface area contributed by atoms with Gasteiger partial charge in [-0.1, -0.05) is 30.3 Å². The number of aromatic nitrogens is 1. The SMILES string of the molecule is CC(Oc1nc2c(cc1CN)CCCC2)c1ccccc1. The lowest BCUT2D eigenvalue weighted by molar-refractivity contribution is 0.214. The van der Waals surface area contributed by atoms with Gasteiger partial charge in [0.15, 0.2) is 0 Å². The van der Waals surface area contributed by atoms with E-state index in [9.17, 15) is 0 Å². The highest BCUT2D eigenvalue weighted by Gasteiger charge is 2.17. The quantitative estimate of drug-likeness (QED) is 0.932. The van der Waals surface area contributed by atoms with Crippen LogP contribution < -0.4 is 10.5 Å². The van der Waals surface area contributed by atoms with Crippen molar-refractivity contribution in [1.82, 2.24) is 4.98 Å². The molecule has 3 nitrogen and oxygen atoms in total. The molecule has 1 aliphatic carbocycles. The summed E-state index contributed by atoms with van der Waals surface area (Å²) in [6, 6.07) is 12.4. The molecule has 3 rings (SSSR count). The molecule has 21 heavy (non-hydrogen) atoms. The normalized spacial score (nSPS) is 15.3. The molecule has 1 aliphatic rings. The van der Waals surface area contributed by atoms with Crippen molar-refractivity contribution in [2.24, 2.45) is 5.73 Å². The number of hydrogen-bond donors (Lipinski definition) is 1. The fourth-order valence-electron chi connectivity index (χ4n) is 2.87. The zero-order valence-corrected chi connectivity index (χ0v) is 12.5. The monoisotopic (exact) mass is 282 g/mol. The lowest BCUT2D eigenvalue weighted by atomic mass is 9.95. The second kappa shape index (κ2) is 6.27. The molecule has 2 aromatic rings. The minimum Gasteiger partial charge on any atom is -0.470 e. The van der Waals surface area contributed by atoms with Gasteiger partial charge >= 0.3 is 0 Å². The lowest BCUT2D eigenvalue weighted by Crippen LogP contribution is -2.13. The van der Waals surface area contributed by atoms with Gasteiger partial charge in [-0.2, -0.15) is 0 Å². The van der Waals surface area contributed by atoms with Crippen LogP contribution in [0, 0.1) is 0 Å². The van der Waals surface area contributed by atoms with E-state index in [-0.39, 0.29) is 6.10 Å². The first-order chi connectivity index (χ1) is 10.3. The third-order valence-electron chi connectivity index (χ3n) is 4.12. The number of pyridine rings is 1. The van der Waals surface area contributed by atoms with Gasteiger partial charge in [-0.05, 0) is 49.8 Å². The Morgan fingerprint density at radius 3 is 2.71 bits per heavy atom. The van der Waals surface area contributed by atoms with Crippen LogP contribution in [0.4, 0.5) is 0 Å². The molecule has 0 aliphatic heterocycles. The zero-order chi connectivity index (χ0) is 14.7. The maximum absolute atomic E-state index is 6.10. The first-order valence-corrected chi connectivity index (χ1v) is 7.71. The van der Waals surface area contributed by atoms with Gasteiger partial charge in [0.1, 0.15) is 6.10 Å². The summed E-state index contributed by atoms with van der Waals surface area (Å²) >= 11 is 0. The van der Waals surface area contributed by atoms with Crippen molar-refractivity contribution in [2.45, 2.75) is 45.3 Å². The van der Waals surface area contributed by atoms with Gasteiger partial charge in [-0.25, -0.2) is 4.98 Å². The standard InChI is InChI=1S/C18H22N2O/c1-13(14-7-3-2-4-8-14)21-18-16(12-19)11-15-9-5-6-10-17(15)20-18/h2-4,7-8,11,13H,5-6,9-10,12,19H2,1H3. The van der Waals surface area contributed by atoms with E-state index in [1.165, 1.54) is 24.1 Å². The molecule has 3 heteroatoms. The molecular weight excluding hydrogens is 260 g/mol. The Bertz CT molecular complexity index is 610. The smallest absolute Gasteiger partial charge is 0.218 e. The number of benzene rings is 1. The Morgan fingerprint density at radius 2 is 1.95 bits per heavy atom. The summed E-state index contributed by atoms with van der Waals surface area (Å²) in [6.45, 7) is 2.52. The van der Waals surface area contributed by atoms with Crippen LogP contribution in [-0.2, 0) is 19.4 Å². The zero-order valence-electron chi connectivity index (χ0n) is 12.5. The summed E-state index contributed by atoms with van der Waals surface area (Å²) < 4.78 is 6.10. The van der Waals surface area contributed by atoms with Gasteiger partial charge in [0.2, 0.25) is 5.88 Å². The number of fused-ring (bicyclic) bond motifs is 1. The lowest BCUT2D eigenvalue weighted by Gasteiger charge is -2.21. The molecule has 1 aromatic heterocycles. The number of nitrogens with two attached hydrogens (primary N) is 1. The molecule has 0 saturated carbocycles. The highest BCUT2D eigenvalue weighted by Crippen LogP contribution is 2.28. The van der Waals surface area contributed by atoms with Crippen molar-refractivity contribution in [3.63, 3.8) is 0 Å². The Labute approximate surface area is 126 Å². The molecule has 0 fully saturated rings. The topological polar surface area (TPSA) is 48.1 Å². The van der Waals surface area contributed by atoms with Gasteiger partial charge < -0.3 is 10.5 Å². The van der Waals surface area contributed by atoms with E-state index < -0.39 is 0 Å². The number of rotatable bonds is 4. The van der Waals surface area contributed by atoms with Crippen molar-refractivity contribution < 1.29 is 4.74 Å². The predicted octanol–water partition coefficient (Wildman–Crippen LogP) is 3.56. The van der Waals surface area contributed by atoms with Crippen molar-refractivity contribution in [3.05, 3.63) is 58.8 Å². The summed E-state index contributed by atoms with van der Waals surface area (Å²) in [5.74, 6) is 0.703. The van der Waals surface area contributed by atoms with Crippen molar-refractivity contribution in [1.29, 1.82) is 0 Å². The molecule has 0 bridgehead atoms. The summed E-state index contributed by atoms with van der Waals surface area (Å²) in [6.07, 6.45) is 4.61. The van der Waals surface area contributed by atoms with Gasteiger partial charge in [0, 0.05) is 17.8 Å². The van der Waals surface area contributed by atoms with Crippen LogP contribution in [0.1, 0.15) is 48.3 Å². The van der Waals surface area contributed by atoms with Crippen LogP contribution >= 0.6 is 0 Å². The third kappa shape index (κ3) is 3.08. The Hall–Kier alpha value is -1.87. The van der Waals surface area contributed by atoms with E-state index in [1.54, 1.807) is 0 Å². The van der Waals surface area contributed by atoms with Gasteiger partial charge in [-0.3, -0.25) is 0 Å². The van der Waals surface area contributed by atoms with E-state index >= 15 is 0 Å². The summed E-state index contributed by atoms with van der Waals surface area (Å²) in [7, 11) is 0. The van der Waals surface area contributed by atoms with Gasteiger partial charge in [0.25, 0.3) is 0 Å². The molecule has 0 spiro atoms. The van der Waals surface area contributed by atoms with Crippen molar-refractivity contribution in [2.75, 3.05) is 0 Å². The highest BCUT2D eigenvalue weighted by molar-refractivity contribution is 5.36. The molecule has 0 radical (unpaired) electrons. The Kier molecular flexibility index (Phi) is 4.20. The van der Waals surface area contributed by atoms with Crippen LogP contribution in [0.25, 0.3) is 0 Å². The number of aryl methyl sites for hydroxylation is 2. The van der Waals surface area contributed by atoms with E-state index in [0.29, 0.717) is 12.4 Å². The molecule has 1 atom stereocenters. The van der Waals surface area contributed by atoms with Gasteiger partial charge in [0.05, 0.1) is 0 Å². The van der Waals surface area contributed by atoms with Crippen molar-refractivity contribution >= 4 is 0 Å². The van der Waals surface area contributed by atoms with Crippen LogP contribution in [-0.4, -0.2) is 4.98 Å². The predicted molar refractivity (Wildman–Crippen MR) is 84.3 cm³/mol. The minimum atomic E-state index is -0.0226. The molecule has 0 saturated heterocycles. The Morgan fingerprint density at radius 1 is 1.19 bits per heavy atom. The molecule has 1 aromatic carbocycles. The molecule has 1 unspecified atom stereocenters. The van der Waals surface area contributed by atoms with E-state index in [4.69, 9.17) is 15.5 Å². The summed E-state index contributed by atoms with van der Waals surface area (Å²) in [5.41, 5.74) is 10.6. The minimum absolute atomic E-state index is 0.0226. The average Bonchev–Trinajstić information content (AvgIpc) is 2.55. The highest BCUT2D eigenvalue weighted by atomic mass is 16.5. The first kappa shape index (κ1) is 14.1. The number of nitrogens with zero attached hydrogens (tertiary/aromatic N) is 1. The summed E-state index contributed by atoms with van der Waals surface area (Å²) in [5, 5.41) is 0. The maximum Gasteiger partial charge on any atom is 0.218 e. The van der Waals surface area contributed by atoms with E-state index in [0.717, 1.165) is 24.0 Å². The molecular formula is C18H22N2O. The second-order valence-electron chi connectivity index (χ2n) is 5.64. The first-order valence-electron chi connectivity index (χ1n) is 7.71. The molecule has 110 valence electrons. The average molecular weight is 282 g/mol. The second-order valence-corrected chi connectivity index (χ2v) is 5.64. The van der Waals surface area contributed by atoms with Crippen LogP contribution in [0.5, 0.6) is 5.88 Å². The van der Waals surface area contributed by atoms with Crippen LogP contribution in [0.15, 0.2) is 36.4 Å². The third-order valence-corrected chi connectivity index (χ3v) is 4.12. The van der Waals surface area contributed by atoms with Crippen molar-refractivity contribution in [3.8, 4) is 5.88 Å². The number of ether oxygens (including phenoxy) is 1. The van der Waals surface area contributed by atoms with Crippen LogP contribution in [0.3, 0.4) is 0 Å². The van der Waals surface area contributed by atoms with Gasteiger partial charge in [-0.15, -0.1) is 0 Å². The molecule has 2 N–H and O–H groups in total. The molecule has 0 amide bonds. The van der Waals surface area contributed by atoms with Crippen LogP contribution in [0.2, 0.25) is 0 Å². The largest absolute Gasteiger partial charge is 0.470 e. The summed E-state index contributed by atoms with van der Waals surface area (Å²) in [4.78, 5) is 4.75. The van der Waals surface area contributed by atoms with E-state index in [2.05, 4.69) is 25.1 Å². The maximum atomic E-state index is 6.10. The number of hydrogen-bond acceptors (Lipinski definition) is 3. The Balaban J connectivity index is 1.87. The van der Waals surface area contributed by atoms with E-state index in [1.807, 2.05) is 18.2 Å². The fourth-order valence-corrected chi connectivity index (χ4v) is 2.87. The fraction of sp³-hybridized carbons (Fsp3) is 0.389.